The number of benzene rings is 2. The Morgan fingerprint density at radius 2 is 1.50 bits per heavy atom. The van der Waals surface area contributed by atoms with Crippen LogP contribution in [0.5, 0.6) is 0 Å². The molecule has 0 aliphatic carbocycles. The number of sulfonamides is 1. The Balaban J connectivity index is 1.58. The fourth-order valence-corrected chi connectivity index (χ4v) is 5.99. The monoisotopic (exact) mass is 649 g/mol. The molecule has 12 heteroatoms. The van der Waals surface area contributed by atoms with Crippen LogP contribution in [0.15, 0.2) is 59.5 Å². The van der Waals surface area contributed by atoms with Gasteiger partial charge in [-0.15, -0.1) is 0 Å². The van der Waals surface area contributed by atoms with Crippen molar-refractivity contribution in [1.82, 2.24) is 19.3 Å². The number of imidazole rings is 1. The molecule has 0 unspecified atom stereocenters. The molecule has 0 atom stereocenters. The number of anilines is 1. The van der Waals surface area contributed by atoms with Gasteiger partial charge in [-0.2, -0.15) is 0 Å². The van der Waals surface area contributed by atoms with Gasteiger partial charge in [0.1, 0.15) is 11.3 Å². The van der Waals surface area contributed by atoms with E-state index in [1.165, 1.54) is 6.07 Å². The van der Waals surface area contributed by atoms with Crippen LogP contribution in [0, 0.1) is 6.92 Å². The third kappa shape index (κ3) is 8.84. The number of fused-ring (bicyclic) bond motifs is 1. The van der Waals surface area contributed by atoms with E-state index in [1.807, 2.05) is 55.8 Å². The van der Waals surface area contributed by atoms with Crippen LogP contribution < -0.4 is 10.0 Å². The van der Waals surface area contributed by atoms with Gasteiger partial charge >= 0.3 is 12.2 Å². The fourth-order valence-electron chi connectivity index (χ4n) is 4.87. The summed E-state index contributed by atoms with van der Waals surface area (Å²) in [6.07, 6.45) is 4.43. The third-order valence-electron chi connectivity index (χ3n) is 7.44. The summed E-state index contributed by atoms with van der Waals surface area (Å²) < 4.78 is 40.6. The minimum atomic E-state index is -4.17. The predicted octanol–water partition coefficient (Wildman–Crippen LogP) is 7.36. The predicted molar refractivity (Wildman–Crippen MR) is 178 cm³/mol. The molecule has 4 rings (SSSR count). The topological polar surface area (TPSA) is 142 Å². The number of pyridine rings is 1. The van der Waals surface area contributed by atoms with Crippen LogP contribution in [0.25, 0.3) is 22.3 Å². The summed E-state index contributed by atoms with van der Waals surface area (Å²) in [6.45, 7) is 8.95. The Hall–Kier alpha value is -4.45. The maximum absolute atomic E-state index is 13.1. The van der Waals surface area contributed by atoms with Crippen molar-refractivity contribution in [2.24, 2.45) is 0 Å². The molecule has 46 heavy (non-hydrogen) atoms. The van der Waals surface area contributed by atoms with Gasteiger partial charge in [-0.05, 0) is 49.4 Å². The number of aromatic nitrogens is 3. The largest absolute Gasteiger partial charge is 0.449 e. The van der Waals surface area contributed by atoms with E-state index in [9.17, 15) is 18.0 Å². The van der Waals surface area contributed by atoms with E-state index in [0.29, 0.717) is 53.2 Å². The number of unbranched alkanes of at least 4 members (excludes halogenated alkanes) is 3. The number of nitrogens with one attached hydrogen (secondary N) is 2. The van der Waals surface area contributed by atoms with E-state index in [2.05, 4.69) is 16.8 Å². The molecule has 0 saturated heterocycles. The zero-order chi connectivity index (χ0) is 33.1. The highest BCUT2D eigenvalue weighted by molar-refractivity contribution is 7.90. The highest BCUT2D eigenvalue weighted by Gasteiger charge is 2.23. The van der Waals surface area contributed by atoms with Gasteiger partial charge in [0.15, 0.2) is 5.65 Å². The number of carbonyl (C=O) groups excluding carboxylic acids is 2. The zero-order valence-corrected chi connectivity index (χ0v) is 27.8. The van der Waals surface area contributed by atoms with E-state index < -0.39 is 22.2 Å². The molecule has 0 aliphatic rings. The smallest absolute Gasteiger partial charge is 0.421 e. The van der Waals surface area contributed by atoms with Gasteiger partial charge in [-0.3, -0.25) is 5.32 Å². The summed E-state index contributed by atoms with van der Waals surface area (Å²) in [6, 6.07) is 16.0. The molecule has 2 aromatic heterocycles. The molecule has 0 saturated carbocycles. The van der Waals surface area contributed by atoms with Crippen molar-refractivity contribution in [3.8, 4) is 11.1 Å². The first-order valence-corrected chi connectivity index (χ1v) is 17.3. The maximum Gasteiger partial charge on any atom is 0.421 e. The molecule has 0 fully saturated rings. The van der Waals surface area contributed by atoms with Crippen molar-refractivity contribution in [3.63, 3.8) is 0 Å². The lowest BCUT2D eigenvalue weighted by Gasteiger charge is -2.13. The molecule has 2 N–H and O–H groups in total. The van der Waals surface area contributed by atoms with Crippen LogP contribution in [0.4, 0.5) is 15.3 Å². The molecule has 2 aromatic carbocycles. The van der Waals surface area contributed by atoms with E-state index in [4.69, 9.17) is 19.4 Å². The van der Waals surface area contributed by atoms with Crippen molar-refractivity contribution in [2.75, 3.05) is 18.5 Å². The minimum Gasteiger partial charge on any atom is -0.449 e. The molecule has 0 bridgehead atoms. The molecule has 4 aromatic rings. The number of amides is 2. The summed E-state index contributed by atoms with van der Waals surface area (Å²) >= 11 is 0. The number of carbonyl (C=O) groups is 2. The molecule has 0 aliphatic heterocycles. The van der Waals surface area contributed by atoms with Crippen LogP contribution in [-0.4, -0.2) is 48.4 Å². The third-order valence-corrected chi connectivity index (χ3v) is 8.81. The SMILES string of the molecule is CCCCOC(=O)Nc1cc2nc(CCCC)n(Cc3ccc(-c4ccccc4S(=O)(=O)NC(=O)OCCCC)cc3)c2nc1C. The molecular formula is C34H43N5O6S. The maximum atomic E-state index is 13.1. The number of ether oxygens (including phenoxy) is 2. The Kier molecular flexibility index (Phi) is 12.1. The highest BCUT2D eigenvalue weighted by Crippen LogP contribution is 2.29. The Morgan fingerprint density at radius 1 is 0.848 bits per heavy atom. The molecule has 246 valence electrons. The highest BCUT2D eigenvalue weighted by atomic mass is 32.2. The van der Waals surface area contributed by atoms with Gasteiger partial charge in [0.2, 0.25) is 0 Å². The van der Waals surface area contributed by atoms with E-state index >= 15 is 0 Å². The van der Waals surface area contributed by atoms with Gasteiger partial charge in [0.25, 0.3) is 10.0 Å². The summed E-state index contributed by atoms with van der Waals surface area (Å²) in [5.74, 6) is 0.892. The first-order chi connectivity index (χ1) is 22.2. The van der Waals surface area contributed by atoms with E-state index in [1.54, 1.807) is 18.2 Å². The Morgan fingerprint density at radius 3 is 2.17 bits per heavy atom. The summed E-state index contributed by atoms with van der Waals surface area (Å²) in [5, 5.41) is 2.80. The van der Waals surface area contributed by atoms with Crippen molar-refractivity contribution in [1.29, 1.82) is 0 Å². The lowest BCUT2D eigenvalue weighted by molar-refractivity contribution is 0.151. The number of nitrogens with zero attached hydrogens (tertiary/aromatic N) is 3. The van der Waals surface area contributed by atoms with Gasteiger partial charge in [-0.1, -0.05) is 82.5 Å². The van der Waals surface area contributed by atoms with Crippen LogP contribution >= 0.6 is 0 Å². The van der Waals surface area contributed by atoms with Crippen molar-refractivity contribution in [3.05, 3.63) is 71.7 Å². The first kappa shape index (κ1) is 34.4. The number of aryl methyl sites for hydroxylation is 2. The van der Waals surface area contributed by atoms with Crippen LogP contribution in [-0.2, 0) is 32.5 Å². The molecule has 11 nitrogen and oxygen atoms in total. The Bertz CT molecular complexity index is 1750. The van der Waals surface area contributed by atoms with Crippen LogP contribution in [0.1, 0.15) is 76.4 Å². The summed E-state index contributed by atoms with van der Waals surface area (Å²) in [5.41, 5.74) is 4.72. The van der Waals surface area contributed by atoms with Gasteiger partial charge in [-0.25, -0.2) is 32.7 Å². The van der Waals surface area contributed by atoms with Crippen molar-refractivity contribution < 1.29 is 27.5 Å². The summed E-state index contributed by atoms with van der Waals surface area (Å²) in [4.78, 5) is 34.1. The Labute approximate surface area is 270 Å². The zero-order valence-electron chi connectivity index (χ0n) is 27.0. The minimum absolute atomic E-state index is 0.0176. The van der Waals surface area contributed by atoms with Crippen molar-refractivity contribution in [2.45, 2.75) is 84.1 Å². The lowest BCUT2D eigenvalue weighted by Crippen LogP contribution is -2.31. The molecule has 0 spiro atoms. The van der Waals surface area contributed by atoms with E-state index in [-0.39, 0.29) is 11.5 Å². The first-order valence-electron chi connectivity index (χ1n) is 15.8. The second kappa shape index (κ2) is 16.2. The average Bonchev–Trinajstić information content (AvgIpc) is 3.35. The molecule has 2 heterocycles. The lowest BCUT2D eigenvalue weighted by atomic mass is 10.0. The van der Waals surface area contributed by atoms with Crippen LogP contribution in [0.3, 0.4) is 0 Å². The van der Waals surface area contributed by atoms with Gasteiger partial charge in [0, 0.05) is 12.0 Å². The number of rotatable bonds is 15. The quantitative estimate of drug-likeness (QED) is 0.127. The van der Waals surface area contributed by atoms with E-state index in [0.717, 1.165) is 49.9 Å². The summed E-state index contributed by atoms with van der Waals surface area (Å²) in [7, 11) is -4.17. The second-order valence-electron chi connectivity index (χ2n) is 11.1. The molecular weight excluding hydrogens is 606 g/mol. The van der Waals surface area contributed by atoms with Gasteiger partial charge < -0.3 is 14.0 Å². The average molecular weight is 650 g/mol. The van der Waals surface area contributed by atoms with Crippen LogP contribution in [0.2, 0.25) is 0 Å². The number of hydrogen-bond donors (Lipinski definition) is 2. The fraction of sp³-hybridized carbons (Fsp3) is 0.412. The van der Waals surface area contributed by atoms with Gasteiger partial charge in [0.05, 0.1) is 36.0 Å². The standard InChI is InChI=1S/C34H43N5O6S/c1-5-8-15-31-36-29-22-28(37-33(40)44-20-9-6-2)24(4)35-32(29)39(31)23-25-16-18-26(19-17-25)27-13-11-12-14-30(27)46(42,43)38-34(41)45-21-10-7-3/h11-14,16-19,22H,5-10,15,20-21,23H2,1-4H3,(H,37,40)(H,38,41). The molecule has 2 amide bonds. The van der Waals surface area contributed by atoms with Crippen molar-refractivity contribution >= 4 is 39.1 Å². The molecule has 0 radical (unpaired) electrons. The second-order valence-corrected chi connectivity index (χ2v) is 12.7. The normalized spacial score (nSPS) is 11.4. The number of hydrogen-bond acceptors (Lipinski definition) is 8.